The Labute approximate surface area is 114 Å². The Kier molecular flexibility index (Phi) is 5.20. The Morgan fingerprint density at radius 1 is 1.26 bits per heavy atom. The highest BCUT2D eigenvalue weighted by atomic mass is 16.6. The molecule has 110 valence electrons. The zero-order valence-corrected chi connectivity index (χ0v) is 12.2. The van der Waals surface area contributed by atoms with Crippen molar-refractivity contribution in [2.45, 2.75) is 65.0 Å². The average Bonchev–Trinajstić information content (AvgIpc) is 2.24. The van der Waals surface area contributed by atoms with Crippen molar-refractivity contribution in [1.29, 1.82) is 0 Å². The summed E-state index contributed by atoms with van der Waals surface area (Å²) >= 11 is 0. The Balaban J connectivity index is 2.67. The summed E-state index contributed by atoms with van der Waals surface area (Å²) in [5.41, 5.74) is -0.620. The Hall–Kier alpha value is -1.26. The molecule has 3 unspecified atom stereocenters. The van der Waals surface area contributed by atoms with Gasteiger partial charge in [0, 0.05) is 0 Å². The SMILES string of the molecule is CC1CCCCC1C(NC(=O)OC(C)(C)C)C(=O)O. The Morgan fingerprint density at radius 2 is 1.84 bits per heavy atom. The van der Waals surface area contributed by atoms with E-state index in [0.717, 1.165) is 25.7 Å². The standard InChI is InChI=1S/C14H25NO4/c1-9-7-5-6-8-10(9)11(12(16)17)15-13(18)19-14(2,3)4/h9-11H,5-8H2,1-4H3,(H,15,18)(H,16,17). The van der Waals surface area contributed by atoms with Crippen LogP contribution in [0.15, 0.2) is 0 Å². The molecule has 5 nitrogen and oxygen atoms in total. The monoisotopic (exact) mass is 271 g/mol. The largest absolute Gasteiger partial charge is 0.480 e. The van der Waals surface area contributed by atoms with E-state index in [0.29, 0.717) is 5.92 Å². The maximum Gasteiger partial charge on any atom is 0.408 e. The van der Waals surface area contributed by atoms with E-state index in [1.165, 1.54) is 0 Å². The van der Waals surface area contributed by atoms with Crippen LogP contribution in [0.25, 0.3) is 0 Å². The number of aliphatic carboxylic acids is 1. The number of carbonyl (C=O) groups excluding carboxylic acids is 1. The molecule has 1 saturated carbocycles. The van der Waals surface area contributed by atoms with E-state index in [4.69, 9.17) is 4.74 Å². The van der Waals surface area contributed by atoms with Crippen LogP contribution < -0.4 is 5.32 Å². The molecule has 3 atom stereocenters. The summed E-state index contributed by atoms with van der Waals surface area (Å²) in [4.78, 5) is 23.1. The third kappa shape index (κ3) is 5.09. The van der Waals surface area contributed by atoms with Gasteiger partial charge in [-0.15, -0.1) is 0 Å². The number of hydrogen-bond donors (Lipinski definition) is 2. The van der Waals surface area contributed by atoms with Crippen molar-refractivity contribution in [2.75, 3.05) is 0 Å². The van der Waals surface area contributed by atoms with Crippen LogP contribution in [-0.2, 0) is 9.53 Å². The first-order chi connectivity index (χ1) is 8.70. The third-order valence-corrected chi connectivity index (χ3v) is 3.54. The van der Waals surface area contributed by atoms with Gasteiger partial charge in [0.05, 0.1) is 0 Å². The van der Waals surface area contributed by atoms with Crippen molar-refractivity contribution in [3.05, 3.63) is 0 Å². The van der Waals surface area contributed by atoms with Gasteiger partial charge in [-0.05, 0) is 39.0 Å². The molecule has 0 bridgehead atoms. The summed E-state index contributed by atoms with van der Waals surface area (Å²) in [6, 6.07) is -0.856. The highest BCUT2D eigenvalue weighted by Gasteiger charge is 2.35. The molecular formula is C14H25NO4. The van der Waals surface area contributed by atoms with Crippen molar-refractivity contribution in [3.8, 4) is 0 Å². The molecule has 5 heteroatoms. The van der Waals surface area contributed by atoms with Gasteiger partial charge in [-0.25, -0.2) is 9.59 Å². The van der Waals surface area contributed by atoms with E-state index in [1.54, 1.807) is 20.8 Å². The molecule has 1 fully saturated rings. The van der Waals surface area contributed by atoms with Crippen LogP contribution in [0, 0.1) is 11.8 Å². The number of rotatable bonds is 3. The number of carbonyl (C=O) groups is 2. The fourth-order valence-electron chi connectivity index (χ4n) is 2.63. The fraction of sp³-hybridized carbons (Fsp3) is 0.857. The van der Waals surface area contributed by atoms with Gasteiger partial charge in [0.25, 0.3) is 0 Å². The molecule has 0 aromatic carbocycles. The molecule has 0 heterocycles. The predicted octanol–water partition coefficient (Wildman–Crippen LogP) is 2.79. The minimum atomic E-state index is -0.982. The van der Waals surface area contributed by atoms with Crippen LogP contribution in [0.5, 0.6) is 0 Å². The molecule has 0 spiro atoms. The topological polar surface area (TPSA) is 75.6 Å². The number of nitrogens with one attached hydrogen (secondary N) is 1. The molecule has 0 aromatic rings. The quantitative estimate of drug-likeness (QED) is 0.827. The van der Waals surface area contributed by atoms with Crippen LogP contribution in [0.4, 0.5) is 4.79 Å². The predicted molar refractivity (Wildman–Crippen MR) is 71.9 cm³/mol. The molecule has 1 amide bonds. The summed E-state index contributed by atoms with van der Waals surface area (Å²) < 4.78 is 5.13. The molecule has 0 aromatic heterocycles. The smallest absolute Gasteiger partial charge is 0.408 e. The minimum Gasteiger partial charge on any atom is -0.480 e. The lowest BCUT2D eigenvalue weighted by molar-refractivity contribution is -0.142. The first-order valence-electron chi connectivity index (χ1n) is 6.93. The Bertz CT molecular complexity index is 335. The van der Waals surface area contributed by atoms with Crippen LogP contribution in [0.3, 0.4) is 0 Å². The number of alkyl carbamates (subject to hydrolysis) is 1. The zero-order chi connectivity index (χ0) is 14.6. The van der Waals surface area contributed by atoms with Crippen LogP contribution in [0.1, 0.15) is 53.4 Å². The minimum absolute atomic E-state index is 0.0150. The number of carboxylic acids is 1. The lowest BCUT2D eigenvalue weighted by atomic mass is 9.76. The first kappa shape index (κ1) is 15.8. The second kappa shape index (κ2) is 6.26. The number of ether oxygens (including phenoxy) is 1. The lowest BCUT2D eigenvalue weighted by Crippen LogP contribution is -2.49. The average molecular weight is 271 g/mol. The van der Waals surface area contributed by atoms with Crippen LogP contribution >= 0.6 is 0 Å². The van der Waals surface area contributed by atoms with Crippen molar-refractivity contribution in [3.63, 3.8) is 0 Å². The van der Waals surface area contributed by atoms with Crippen LogP contribution in [-0.4, -0.2) is 28.8 Å². The van der Waals surface area contributed by atoms with Gasteiger partial charge in [-0.2, -0.15) is 0 Å². The number of amides is 1. The Morgan fingerprint density at radius 3 is 2.32 bits per heavy atom. The highest BCUT2D eigenvalue weighted by molar-refractivity contribution is 5.80. The van der Waals surface area contributed by atoms with Crippen molar-refractivity contribution >= 4 is 12.1 Å². The van der Waals surface area contributed by atoms with Gasteiger partial charge < -0.3 is 15.2 Å². The molecule has 0 radical (unpaired) electrons. The van der Waals surface area contributed by atoms with E-state index < -0.39 is 23.7 Å². The van der Waals surface area contributed by atoms with E-state index in [1.807, 2.05) is 0 Å². The summed E-state index contributed by atoms with van der Waals surface area (Å²) in [6.07, 6.45) is 3.36. The van der Waals surface area contributed by atoms with Crippen molar-refractivity contribution < 1.29 is 19.4 Å². The van der Waals surface area contributed by atoms with Crippen molar-refractivity contribution in [2.24, 2.45) is 11.8 Å². The fourth-order valence-corrected chi connectivity index (χ4v) is 2.63. The second-order valence-corrected chi connectivity index (χ2v) is 6.39. The van der Waals surface area contributed by atoms with Gasteiger partial charge in [0.1, 0.15) is 11.6 Å². The van der Waals surface area contributed by atoms with E-state index in [2.05, 4.69) is 12.2 Å². The van der Waals surface area contributed by atoms with Gasteiger partial charge in [-0.3, -0.25) is 0 Å². The molecular weight excluding hydrogens is 246 g/mol. The molecule has 0 aliphatic heterocycles. The molecule has 19 heavy (non-hydrogen) atoms. The summed E-state index contributed by atoms with van der Waals surface area (Å²) in [7, 11) is 0. The lowest BCUT2D eigenvalue weighted by Gasteiger charge is -2.33. The maximum absolute atomic E-state index is 11.7. The van der Waals surface area contributed by atoms with Gasteiger partial charge in [-0.1, -0.05) is 26.2 Å². The van der Waals surface area contributed by atoms with Gasteiger partial charge in [0.15, 0.2) is 0 Å². The molecule has 1 aliphatic rings. The number of hydrogen-bond acceptors (Lipinski definition) is 3. The van der Waals surface area contributed by atoms with Gasteiger partial charge >= 0.3 is 12.1 Å². The molecule has 1 aliphatic carbocycles. The first-order valence-corrected chi connectivity index (χ1v) is 6.93. The van der Waals surface area contributed by atoms with E-state index >= 15 is 0 Å². The normalized spacial score (nSPS) is 25.5. The van der Waals surface area contributed by atoms with Crippen LogP contribution in [0.2, 0.25) is 0 Å². The van der Waals surface area contributed by atoms with Gasteiger partial charge in [0.2, 0.25) is 0 Å². The number of carboxylic acid groups (broad SMARTS) is 1. The zero-order valence-electron chi connectivity index (χ0n) is 12.2. The maximum atomic E-state index is 11.7. The molecule has 0 saturated heterocycles. The molecule has 1 rings (SSSR count). The van der Waals surface area contributed by atoms with E-state index in [9.17, 15) is 14.7 Å². The summed E-state index contributed by atoms with van der Waals surface area (Å²) in [5.74, 6) is -0.687. The summed E-state index contributed by atoms with van der Waals surface area (Å²) in [6.45, 7) is 7.32. The van der Waals surface area contributed by atoms with Crippen molar-refractivity contribution in [1.82, 2.24) is 5.32 Å². The summed E-state index contributed by atoms with van der Waals surface area (Å²) in [5, 5.41) is 11.8. The van der Waals surface area contributed by atoms with E-state index in [-0.39, 0.29) is 5.92 Å². The highest BCUT2D eigenvalue weighted by Crippen LogP contribution is 2.32. The second-order valence-electron chi connectivity index (χ2n) is 6.39. The third-order valence-electron chi connectivity index (χ3n) is 3.54. The molecule has 2 N–H and O–H groups in total.